The standard InChI is InChI=1S/C30H37FN4O7/c1-29(2,3)40-28(39)35(8)14-13-20-21-15-18(31)16-22(32-7)24(21)34-26(37)23(20)25(36)33-19-11-9-17(10-12-19)27(38)41-42-30(4,5)6/h9-12,15-16,32H,13-14H2,1-8H3,(H,33,36)(H,34,37). The van der Waals surface area contributed by atoms with E-state index in [1.807, 2.05) is 0 Å². The van der Waals surface area contributed by atoms with Crippen LogP contribution in [0.4, 0.5) is 20.6 Å². The van der Waals surface area contributed by atoms with E-state index in [1.165, 1.54) is 48.3 Å². The van der Waals surface area contributed by atoms with Crippen molar-refractivity contribution in [3.05, 3.63) is 69.3 Å². The molecule has 0 saturated heterocycles. The fraction of sp³-hybridized carbons (Fsp3) is 0.400. The van der Waals surface area contributed by atoms with Gasteiger partial charge in [-0.25, -0.2) is 14.0 Å². The summed E-state index contributed by atoms with van der Waals surface area (Å²) < 4.78 is 20.0. The Morgan fingerprint density at radius 2 is 1.64 bits per heavy atom. The number of pyridine rings is 1. The van der Waals surface area contributed by atoms with Gasteiger partial charge in [-0.1, -0.05) is 0 Å². The number of hydrogen-bond donors (Lipinski definition) is 3. The van der Waals surface area contributed by atoms with Crippen LogP contribution in [0.1, 0.15) is 67.8 Å². The average molecular weight is 585 g/mol. The van der Waals surface area contributed by atoms with Gasteiger partial charge in [0.2, 0.25) is 0 Å². The smallest absolute Gasteiger partial charge is 0.410 e. The highest BCUT2D eigenvalue weighted by Crippen LogP contribution is 2.28. The number of amides is 2. The minimum Gasteiger partial charge on any atom is -0.444 e. The predicted octanol–water partition coefficient (Wildman–Crippen LogP) is 5.26. The molecule has 11 nitrogen and oxygen atoms in total. The molecule has 0 bridgehead atoms. The Morgan fingerprint density at radius 1 is 1.00 bits per heavy atom. The molecule has 0 spiro atoms. The number of likely N-dealkylation sites (N-methyl/N-ethyl adjacent to an activating group) is 1. The van der Waals surface area contributed by atoms with Crippen LogP contribution in [0.5, 0.6) is 0 Å². The quantitative estimate of drug-likeness (QED) is 0.241. The van der Waals surface area contributed by atoms with Crippen molar-refractivity contribution in [2.45, 2.75) is 59.2 Å². The maximum absolute atomic E-state index is 14.6. The molecule has 1 aromatic heterocycles. The van der Waals surface area contributed by atoms with E-state index in [2.05, 4.69) is 15.6 Å². The monoisotopic (exact) mass is 584 g/mol. The molecular formula is C30H37FN4O7. The summed E-state index contributed by atoms with van der Waals surface area (Å²) in [6, 6.07) is 8.25. The summed E-state index contributed by atoms with van der Waals surface area (Å²) in [5, 5.41) is 5.81. The topological polar surface area (TPSA) is 139 Å². The number of aromatic amines is 1. The fourth-order valence-corrected chi connectivity index (χ4v) is 3.93. The van der Waals surface area contributed by atoms with E-state index in [4.69, 9.17) is 14.5 Å². The number of carbonyl (C=O) groups excluding carboxylic acids is 3. The molecular weight excluding hydrogens is 547 g/mol. The first-order valence-corrected chi connectivity index (χ1v) is 13.3. The zero-order chi connectivity index (χ0) is 31.4. The summed E-state index contributed by atoms with van der Waals surface area (Å²) in [5.74, 6) is -2.05. The van der Waals surface area contributed by atoms with E-state index in [-0.39, 0.29) is 29.7 Å². The van der Waals surface area contributed by atoms with Crippen molar-refractivity contribution >= 4 is 40.2 Å². The molecule has 42 heavy (non-hydrogen) atoms. The van der Waals surface area contributed by atoms with Crippen molar-refractivity contribution in [1.29, 1.82) is 0 Å². The molecule has 12 heteroatoms. The molecule has 2 amide bonds. The molecule has 0 fully saturated rings. The number of benzene rings is 2. The number of carbonyl (C=O) groups is 3. The lowest BCUT2D eigenvalue weighted by molar-refractivity contribution is -0.301. The van der Waals surface area contributed by atoms with Gasteiger partial charge in [0.25, 0.3) is 11.5 Å². The Hall–Kier alpha value is -4.45. The summed E-state index contributed by atoms with van der Waals surface area (Å²) in [7, 11) is 3.11. The molecule has 0 radical (unpaired) electrons. The molecule has 3 rings (SSSR count). The molecule has 0 aliphatic heterocycles. The maximum atomic E-state index is 14.6. The first kappa shape index (κ1) is 32.1. The molecule has 0 unspecified atom stereocenters. The average Bonchev–Trinajstić information content (AvgIpc) is 2.88. The Labute approximate surface area is 243 Å². The largest absolute Gasteiger partial charge is 0.444 e. The zero-order valence-electron chi connectivity index (χ0n) is 25.1. The lowest BCUT2D eigenvalue weighted by Gasteiger charge is -2.25. The minimum absolute atomic E-state index is 0.0457. The van der Waals surface area contributed by atoms with Crippen molar-refractivity contribution in [2.24, 2.45) is 0 Å². The molecule has 0 aliphatic rings. The van der Waals surface area contributed by atoms with Gasteiger partial charge in [-0.2, -0.15) is 4.89 Å². The maximum Gasteiger partial charge on any atom is 0.410 e. The Kier molecular flexibility index (Phi) is 9.62. The molecule has 0 saturated carbocycles. The van der Waals surface area contributed by atoms with Crippen LogP contribution in [0.3, 0.4) is 0 Å². The second kappa shape index (κ2) is 12.6. The molecule has 3 aromatic rings. The SMILES string of the molecule is CNc1cc(F)cc2c(CCN(C)C(=O)OC(C)(C)C)c(C(=O)Nc3ccc(C(=O)OOC(C)(C)C)cc3)c(=O)[nH]c12. The van der Waals surface area contributed by atoms with Gasteiger partial charge in [0.1, 0.15) is 22.6 Å². The molecule has 2 aromatic carbocycles. The van der Waals surface area contributed by atoms with Crippen LogP contribution in [0.2, 0.25) is 0 Å². The lowest BCUT2D eigenvalue weighted by atomic mass is 9.98. The third-order valence-corrected chi connectivity index (χ3v) is 5.84. The molecule has 0 atom stereocenters. The normalized spacial score (nSPS) is 11.6. The number of hydrogen-bond acceptors (Lipinski definition) is 8. The summed E-state index contributed by atoms with van der Waals surface area (Å²) in [6.45, 7) is 10.5. The number of nitrogens with one attached hydrogen (secondary N) is 3. The highest BCUT2D eigenvalue weighted by atomic mass is 19.1. The van der Waals surface area contributed by atoms with E-state index in [1.54, 1.807) is 48.6 Å². The van der Waals surface area contributed by atoms with Gasteiger partial charge < -0.3 is 25.3 Å². The lowest BCUT2D eigenvalue weighted by Crippen LogP contribution is -2.36. The van der Waals surface area contributed by atoms with Gasteiger partial charge in [0.05, 0.1) is 16.8 Å². The number of rotatable bonds is 8. The summed E-state index contributed by atoms with van der Waals surface area (Å²) >= 11 is 0. The van der Waals surface area contributed by atoms with Crippen LogP contribution in [0.25, 0.3) is 10.9 Å². The number of halogens is 1. The van der Waals surface area contributed by atoms with Crippen molar-refractivity contribution in [3.63, 3.8) is 0 Å². The van der Waals surface area contributed by atoms with Crippen molar-refractivity contribution in [2.75, 3.05) is 31.3 Å². The van der Waals surface area contributed by atoms with E-state index in [9.17, 15) is 23.6 Å². The second-order valence-corrected chi connectivity index (χ2v) is 11.7. The number of aromatic nitrogens is 1. The third kappa shape index (κ3) is 8.29. The van der Waals surface area contributed by atoms with Gasteiger partial charge >= 0.3 is 12.1 Å². The van der Waals surface area contributed by atoms with E-state index in [0.717, 1.165) is 0 Å². The number of H-pyrrole nitrogens is 1. The van der Waals surface area contributed by atoms with E-state index >= 15 is 0 Å². The third-order valence-electron chi connectivity index (χ3n) is 5.84. The van der Waals surface area contributed by atoms with Crippen molar-refractivity contribution in [3.8, 4) is 0 Å². The molecule has 1 heterocycles. The van der Waals surface area contributed by atoms with Crippen molar-refractivity contribution < 1.29 is 33.3 Å². The highest BCUT2D eigenvalue weighted by Gasteiger charge is 2.24. The number of ether oxygens (including phenoxy) is 1. The van der Waals surface area contributed by atoms with Gasteiger partial charge in [-0.3, -0.25) is 14.5 Å². The van der Waals surface area contributed by atoms with Crippen LogP contribution in [0.15, 0.2) is 41.2 Å². The first-order valence-electron chi connectivity index (χ1n) is 13.3. The summed E-state index contributed by atoms with van der Waals surface area (Å²) in [5.41, 5.74) is -0.980. The van der Waals surface area contributed by atoms with Crippen LogP contribution in [-0.4, -0.2) is 59.7 Å². The van der Waals surface area contributed by atoms with Gasteiger partial charge in [-0.05, 0) is 89.9 Å². The fourth-order valence-electron chi connectivity index (χ4n) is 3.93. The highest BCUT2D eigenvalue weighted by molar-refractivity contribution is 6.08. The van der Waals surface area contributed by atoms with Crippen LogP contribution >= 0.6 is 0 Å². The summed E-state index contributed by atoms with van der Waals surface area (Å²) in [6.07, 6.45) is -0.541. The Morgan fingerprint density at radius 3 is 2.21 bits per heavy atom. The van der Waals surface area contributed by atoms with Crippen LogP contribution in [0, 0.1) is 5.82 Å². The van der Waals surface area contributed by atoms with Gasteiger partial charge in [0.15, 0.2) is 0 Å². The Balaban J connectivity index is 1.95. The van der Waals surface area contributed by atoms with Gasteiger partial charge in [0, 0.05) is 31.7 Å². The van der Waals surface area contributed by atoms with E-state index in [0.29, 0.717) is 22.3 Å². The second-order valence-electron chi connectivity index (χ2n) is 11.7. The zero-order valence-corrected chi connectivity index (χ0v) is 25.1. The van der Waals surface area contributed by atoms with Crippen molar-refractivity contribution in [1.82, 2.24) is 9.88 Å². The number of anilines is 2. The minimum atomic E-state index is -0.755. The summed E-state index contributed by atoms with van der Waals surface area (Å²) in [4.78, 5) is 65.4. The van der Waals surface area contributed by atoms with E-state index < -0.39 is 40.5 Å². The number of nitrogens with zero attached hydrogens (tertiary/aromatic N) is 1. The Bertz CT molecular complexity index is 1540. The number of fused-ring (bicyclic) bond motifs is 1. The molecule has 0 aliphatic carbocycles. The van der Waals surface area contributed by atoms with Crippen LogP contribution < -0.4 is 16.2 Å². The van der Waals surface area contributed by atoms with Gasteiger partial charge in [-0.15, -0.1) is 0 Å². The predicted molar refractivity (Wildman–Crippen MR) is 157 cm³/mol. The first-order chi connectivity index (χ1) is 19.5. The van der Waals surface area contributed by atoms with Crippen LogP contribution in [-0.2, 0) is 20.9 Å². The molecule has 226 valence electrons. The molecule has 3 N–H and O–H groups in total.